The molecule has 12 aromatic carbocycles. The van der Waals surface area contributed by atoms with Gasteiger partial charge < -0.3 is 0 Å². The third-order valence-corrected chi connectivity index (χ3v) is 26.4. The third kappa shape index (κ3) is 8.05. The lowest BCUT2D eigenvalue weighted by molar-refractivity contribution is 1.79. The molecule has 0 aliphatic carbocycles. The van der Waals surface area contributed by atoms with E-state index in [0.29, 0.717) is 0 Å². The van der Waals surface area contributed by atoms with E-state index in [1.807, 2.05) is 0 Å². The molecule has 0 unspecified atom stereocenters. The van der Waals surface area contributed by atoms with Crippen LogP contribution in [0.2, 0.25) is 0 Å². The molecule has 12 aromatic rings. The second-order valence-electron chi connectivity index (χ2n) is 29.5. The molecule has 0 amide bonds. The second-order valence-corrected chi connectivity index (χ2v) is 29.5. The number of hydrogen-bond acceptors (Lipinski definition) is 0. The molecule has 0 radical (unpaired) electrons. The Bertz CT molecular complexity index is 5400. The fourth-order valence-electron chi connectivity index (χ4n) is 19.2. The van der Waals surface area contributed by atoms with Crippen LogP contribution in [0.15, 0.2) is 0 Å². The third-order valence-electron chi connectivity index (χ3n) is 26.4. The Morgan fingerprint density at radius 2 is 0.167 bits per heavy atom. The van der Waals surface area contributed by atoms with Crippen LogP contribution in [0.1, 0.15) is 0 Å². The van der Waals surface area contributed by atoms with Crippen LogP contribution >= 0.6 is 0 Å². The van der Waals surface area contributed by atoms with E-state index in [0.717, 1.165) is 0 Å². The zero-order valence-electron chi connectivity index (χ0n) is 62.0. The highest BCUT2D eigenvalue weighted by Gasteiger charge is 2.33. The summed E-state index contributed by atoms with van der Waals surface area (Å²) in [4.78, 5) is 0. The van der Waals surface area contributed by atoms with Gasteiger partial charge in [-0.2, -0.15) is 0 Å². The summed E-state index contributed by atoms with van der Waals surface area (Å²) in [7, 11) is 82.1. The largest absolute Gasteiger partial charge is 0.140 e. The molecular weight excluding hydrogens is 1040 g/mol. The van der Waals surface area contributed by atoms with Crippen molar-refractivity contribution in [1.29, 1.82) is 0 Å². The summed E-state index contributed by atoms with van der Waals surface area (Å²) >= 11 is 0. The van der Waals surface area contributed by atoms with Gasteiger partial charge in [0.2, 0.25) is 0 Å². The van der Waals surface area contributed by atoms with Crippen molar-refractivity contribution in [2.75, 3.05) is 0 Å². The standard InChI is InChI=1S/C56H68B34/c57-23-16(8-5-1-2-6(27(61)33(67)11(1)34(68)29(8)63)10(31(65)35(69)12(2)32(66)26(5)60)18-44(78)54(88)56(90)55(89)45(18)79)42(76)51(85)46(80)19(23)21-25(59)22(49(83)53(87)48(21)82)20-24(58)17(43(77)52(86)47(20)81)9-7-3-4-14(37(71)28(7)62)40(74)50(84)41(75)15(4)39(73)38(72)13(3)36(70)30(9)64/h57-90H2. The molecule has 0 fully saturated rings. The van der Waals surface area contributed by atoms with Gasteiger partial charge in [0.15, 0.2) is 0 Å². The summed E-state index contributed by atoms with van der Waals surface area (Å²) in [6.45, 7) is 0. The van der Waals surface area contributed by atoms with Gasteiger partial charge in [-0.25, -0.2) is 0 Å². The molecule has 0 nitrogen and oxygen atoms in total. The van der Waals surface area contributed by atoms with Crippen molar-refractivity contribution < 1.29 is 0 Å². The van der Waals surface area contributed by atoms with E-state index in [-0.39, 0.29) is 0 Å². The zero-order chi connectivity index (χ0) is 66.3. The van der Waals surface area contributed by atoms with Gasteiger partial charge in [-0.3, -0.25) is 0 Å². The van der Waals surface area contributed by atoms with Gasteiger partial charge in [0.25, 0.3) is 0 Å². The molecule has 0 saturated heterocycles. The van der Waals surface area contributed by atoms with Crippen molar-refractivity contribution in [2.45, 2.75) is 0 Å². The highest BCUT2D eigenvalue weighted by Crippen LogP contribution is 2.37. The lowest BCUT2D eigenvalue weighted by Gasteiger charge is -2.33. The molecule has 394 valence electrons. The van der Waals surface area contributed by atoms with Crippen LogP contribution in [0, 0.1) is 0 Å². The van der Waals surface area contributed by atoms with Gasteiger partial charge in [-0.15, -0.1) is 38.2 Å². The molecule has 12 rings (SSSR count). The van der Waals surface area contributed by atoms with Crippen LogP contribution in [0.4, 0.5) is 0 Å². The first kappa shape index (κ1) is 65.0. The smallest absolute Gasteiger partial charge is 0.102 e. The maximum Gasteiger partial charge on any atom is 0.140 e. The Morgan fingerprint density at radius 3 is 0.378 bits per heavy atom. The fraction of sp³-hybridized carbons (Fsp3) is 0. The molecular formula is C56H68B34. The highest BCUT2D eigenvalue weighted by molar-refractivity contribution is 6.80. The van der Waals surface area contributed by atoms with Crippen LogP contribution in [-0.2, 0) is 0 Å². The summed E-state index contributed by atoms with van der Waals surface area (Å²) in [5.41, 5.74) is 61.8. The summed E-state index contributed by atoms with van der Waals surface area (Å²) in [6, 6.07) is 0. The summed E-state index contributed by atoms with van der Waals surface area (Å²) in [5.74, 6) is 0. The van der Waals surface area contributed by atoms with E-state index in [2.05, 4.69) is 267 Å². The van der Waals surface area contributed by atoms with Gasteiger partial charge in [0, 0.05) is 0 Å². The average Bonchev–Trinajstić information content (AvgIpc) is 0.690. The topological polar surface area (TPSA) is 0 Å². The molecule has 0 spiro atoms. The SMILES string of the molecule is Bc1c(B)c(B)c(-c2c(B)c(B)c3c(B)c(B)c4c(-c5c(B)c(B)c(B)c(-c6c(B)c(B)c(B)c(-c7c(B)c(B)c(B)c(-c8c(B)c(B)c9c(B)c(B)c%10c(B)c(B)c(B)c%11c(B)c(B)c8c9c%10%11)c7B)c6B)c5B)c(B)c(B)c5c(B)c(B)c2c3c54)c(B)c1B. The van der Waals surface area contributed by atoms with Gasteiger partial charge >= 0.3 is 0 Å². The molecule has 0 heterocycles. The summed E-state index contributed by atoms with van der Waals surface area (Å²) < 4.78 is 0. The normalized spacial score (nSPS) is 12.0. The van der Waals surface area contributed by atoms with Crippen LogP contribution in [-0.4, -0.2) is 267 Å². The number of hydrogen-bond donors (Lipinski definition) is 0. The minimum atomic E-state index is 1.38. The number of rotatable bonds is 5. The minimum Gasteiger partial charge on any atom is -0.102 e. The van der Waals surface area contributed by atoms with Gasteiger partial charge in [0.1, 0.15) is 267 Å². The first-order valence-corrected chi connectivity index (χ1v) is 33.8. The quantitative estimate of drug-likeness (QED) is 0.119. The average molecular weight is 1110 g/mol. The lowest BCUT2D eigenvalue weighted by Crippen LogP contribution is -2.56. The highest BCUT2D eigenvalue weighted by atomic mass is 14.3. The molecule has 0 aliphatic heterocycles. The van der Waals surface area contributed by atoms with Crippen molar-refractivity contribution >= 4 is 517 Å². The maximum atomic E-state index is 2.49. The molecule has 0 atom stereocenters. The van der Waals surface area contributed by atoms with Gasteiger partial charge in [-0.1, -0.05) is 147 Å². The van der Waals surface area contributed by atoms with Crippen LogP contribution in [0.25, 0.3) is 120 Å². The van der Waals surface area contributed by atoms with E-state index >= 15 is 0 Å². The predicted molar refractivity (Wildman–Crippen MR) is 519 cm³/mol. The van der Waals surface area contributed by atoms with E-state index in [1.54, 1.807) is 0 Å². The second kappa shape index (κ2) is 21.7. The monoisotopic (exact) mass is 1110 g/mol. The molecule has 0 saturated carbocycles. The van der Waals surface area contributed by atoms with E-state index in [1.165, 1.54) is 306 Å². The lowest BCUT2D eigenvalue weighted by atomic mass is 9.54. The predicted octanol–water partition coefficient (Wildman–Crippen LogP) is -43.4. The summed E-state index contributed by atoms with van der Waals surface area (Å²) in [6.07, 6.45) is 0. The number of benzene rings is 12. The summed E-state index contributed by atoms with van der Waals surface area (Å²) in [5, 5.41) is 17.4. The molecule has 0 bridgehead atoms. The molecule has 34 heteroatoms. The first-order chi connectivity index (χ1) is 42.0. The zero-order valence-corrected chi connectivity index (χ0v) is 62.0. The van der Waals surface area contributed by atoms with E-state index < -0.39 is 0 Å². The van der Waals surface area contributed by atoms with Crippen LogP contribution in [0.3, 0.4) is 0 Å². The van der Waals surface area contributed by atoms with Crippen LogP contribution < -0.4 is 186 Å². The first-order valence-electron chi connectivity index (χ1n) is 33.8. The van der Waals surface area contributed by atoms with Crippen molar-refractivity contribution in [2.24, 2.45) is 0 Å². The maximum absolute atomic E-state index is 2.49. The van der Waals surface area contributed by atoms with Crippen molar-refractivity contribution in [3.8, 4) is 55.6 Å². The van der Waals surface area contributed by atoms with Crippen molar-refractivity contribution in [3.63, 3.8) is 0 Å². The fourth-order valence-corrected chi connectivity index (χ4v) is 19.2. The van der Waals surface area contributed by atoms with E-state index in [9.17, 15) is 0 Å². The Hall–Kier alpha value is -5.07. The Labute approximate surface area is 568 Å². The molecule has 0 aliphatic rings. The molecule has 0 aromatic heterocycles. The molecule has 90 heavy (non-hydrogen) atoms. The van der Waals surface area contributed by atoms with Crippen molar-refractivity contribution in [1.82, 2.24) is 0 Å². The van der Waals surface area contributed by atoms with Gasteiger partial charge in [0.05, 0.1) is 0 Å². The van der Waals surface area contributed by atoms with Crippen molar-refractivity contribution in [3.05, 3.63) is 0 Å². The van der Waals surface area contributed by atoms with E-state index in [4.69, 9.17) is 0 Å². The van der Waals surface area contributed by atoms with Gasteiger partial charge in [-0.05, 0) is 120 Å². The van der Waals surface area contributed by atoms with Crippen LogP contribution in [0.5, 0.6) is 0 Å². The molecule has 0 N–H and O–H groups in total. The minimum absolute atomic E-state index is 1.38. The Kier molecular flexibility index (Phi) is 15.7. The Balaban J connectivity index is 1.20. The Morgan fingerprint density at radius 1 is 0.0667 bits per heavy atom.